The molecule has 0 fully saturated rings. The van der Waals surface area contributed by atoms with E-state index in [1.165, 1.54) is 12.1 Å². The highest BCUT2D eigenvalue weighted by Crippen LogP contribution is 2.09. The number of amides is 2. The van der Waals surface area contributed by atoms with Crippen molar-refractivity contribution in [1.29, 1.82) is 0 Å². The Morgan fingerprint density at radius 3 is 2.75 bits per heavy atom. The van der Waals surface area contributed by atoms with Crippen molar-refractivity contribution in [3.8, 4) is 11.8 Å². The Bertz CT molecular complexity index is 561. The molecule has 0 saturated heterocycles. The Morgan fingerprint density at radius 2 is 2.15 bits per heavy atom. The fourth-order valence-corrected chi connectivity index (χ4v) is 1.46. The second-order valence-electron chi connectivity index (χ2n) is 3.98. The molecule has 5 nitrogen and oxygen atoms in total. The summed E-state index contributed by atoms with van der Waals surface area (Å²) in [5.41, 5.74) is 5.24. The second kappa shape index (κ2) is 7.92. The number of aliphatic hydroxyl groups excluding tert-OH is 1. The van der Waals surface area contributed by atoms with Crippen LogP contribution in [0.25, 0.3) is 0 Å². The topological polar surface area (TPSA) is 92.4 Å². The van der Waals surface area contributed by atoms with Gasteiger partial charge in [-0.05, 0) is 24.6 Å². The number of rotatable bonds is 5. The van der Waals surface area contributed by atoms with Crippen molar-refractivity contribution in [2.45, 2.75) is 12.8 Å². The quantitative estimate of drug-likeness (QED) is 0.529. The normalized spacial score (nSPS) is 9.50. The zero-order valence-electron chi connectivity index (χ0n) is 10.8. The summed E-state index contributed by atoms with van der Waals surface area (Å²) in [7, 11) is 0. The number of nitrogens with one attached hydrogen (secondary N) is 1. The molecular weight excluding hydrogens is 263 g/mol. The lowest BCUT2D eigenvalue weighted by Gasteiger charge is -2.05. The Kier molecular flexibility index (Phi) is 6.20. The maximum absolute atomic E-state index is 13.6. The maximum Gasteiger partial charge on any atom is 0.251 e. The van der Waals surface area contributed by atoms with Crippen LogP contribution in [0.15, 0.2) is 18.2 Å². The van der Waals surface area contributed by atoms with E-state index in [0.29, 0.717) is 6.42 Å². The van der Waals surface area contributed by atoms with E-state index in [-0.39, 0.29) is 30.7 Å². The van der Waals surface area contributed by atoms with E-state index < -0.39 is 17.6 Å². The predicted octanol–water partition coefficient (Wildman–Crippen LogP) is 0.165. The van der Waals surface area contributed by atoms with Gasteiger partial charge in [-0.3, -0.25) is 9.59 Å². The molecule has 106 valence electrons. The molecule has 0 radical (unpaired) electrons. The number of benzene rings is 1. The van der Waals surface area contributed by atoms with Crippen molar-refractivity contribution in [1.82, 2.24) is 5.32 Å². The van der Waals surface area contributed by atoms with Gasteiger partial charge < -0.3 is 16.2 Å². The van der Waals surface area contributed by atoms with Crippen LogP contribution in [-0.2, 0) is 4.79 Å². The summed E-state index contributed by atoms with van der Waals surface area (Å²) < 4.78 is 13.6. The number of hydrogen-bond acceptors (Lipinski definition) is 3. The van der Waals surface area contributed by atoms with Gasteiger partial charge in [-0.2, -0.15) is 0 Å². The van der Waals surface area contributed by atoms with E-state index in [1.807, 2.05) is 0 Å². The Hall–Kier alpha value is -2.39. The average molecular weight is 278 g/mol. The molecule has 0 atom stereocenters. The molecule has 4 N–H and O–H groups in total. The lowest BCUT2D eigenvalue weighted by atomic mass is 10.1. The van der Waals surface area contributed by atoms with E-state index in [4.69, 9.17) is 10.8 Å². The molecule has 20 heavy (non-hydrogen) atoms. The number of carbonyl (C=O) groups is 2. The molecule has 0 aliphatic carbocycles. The van der Waals surface area contributed by atoms with Gasteiger partial charge in [0.25, 0.3) is 5.91 Å². The van der Waals surface area contributed by atoms with Gasteiger partial charge in [-0.15, -0.1) is 0 Å². The zero-order chi connectivity index (χ0) is 15.0. The fourth-order valence-electron chi connectivity index (χ4n) is 1.46. The third kappa shape index (κ3) is 5.08. The summed E-state index contributed by atoms with van der Waals surface area (Å²) >= 11 is 0. The summed E-state index contributed by atoms with van der Waals surface area (Å²) in [6, 6.07) is 3.88. The number of nitrogens with two attached hydrogens (primary N) is 1. The molecule has 0 bridgehead atoms. The van der Waals surface area contributed by atoms with Crippen LogP contribution in [-0.4, -0.2) is 30.1 Å². The first-order valence-corrected chi connectivity index (χ1v) is 6.00. The summed E-state index contributed by atoms with van der Waals surface area (Å²) in [6.07, 6.45) is 0.619. The van der Waals surface area contributed by atoms with Gasteiger partial charge in [-0.25, -0.2) is 4.39 Å². The Balaban J connectivity index is 2.61. The molecular formula is C14H15FN2O3. The highest BCUT2D eigenvalue weighted by atomic mass is 19.1. The third-order valence-electron chi connectivity index (χ3n) is 2.42. The second-order valence-corrected chi connectivity index (χ2v) is 3.98. The molecule has 1 rings (SSSR count). The first-order chi connectivity index (χ1) is 9.54. The molecule has 0 saturated carbocycles. The van der Waals surface area contributed by atoms with Crippen LogP contribution >= 0.6 is 0 Å². The first kappa shape index (κ1) is 15.7. The highest BCUT2D eigenvalue weighted by Gasteiger charge is 2.08. The molecule has 0 unspecified atom stereocenters. The molecule has 2 amide bonds. The molecule has 0 heterocycles. The summed E-state index contributed by atoms with van der Waals surface area (Å²) in [5.74, 6) is 3.27. The van der Waals surface area contributed by atoms with Crippen molar-refractivity contribution in [3.05, 3.63) is 35.1 Å². The number of primary amides is 1. The monoisotopic (exact) mass is 278 g/mol. The van der Waals surface area contributed by atoms with E-state index in [9.17, 15) is 14.0 Å². The standard InChI is InChI=1S/C14H15FN2O3/c15-12-9-11(6-5-10(12)3-2-8-18)14(20)17-7-1-4-13(16)19/h5-6,9,18H,1,4,7-8H2,(H2,16,19)(H,17,20). The van der Waals surface area contributed by atoms with Crippen molar-refractivity contribution >= 4 is 11.8 Å². The van der Waals surface area contributed by atoms with Crippen molar-refractivity contribution in [2.24, 2.45) is 5.73 Å². The first-order valence-electron chi connectivity index (χ1n) is 6.00. The van der Waals surface area contributed by atoms with Crippen LogP contribution in [0, 0.1) is 17.7 Å². The number of carbonyl (C=O) groups excluding carboxylic acids is 2. The SMILES string of the molecule is NC(=O)CCCNC(=O)c1ccc(C#CCO)c(F)c1. The summed E-state index contributed by atoms with van der Waals surface area (Å²) in [6.45, 7) is -0.0724. The molecule has 0 aliphatic heterocycles. The summed E-state index contributed by atoms with van der Waals surface area (Å²) in [4.78, 5) is 22.2. The molecule has 6 heteroatoms. The van der Waals surface area contributed by atoms with Gasteiger partial charge in [0, 0.05) is 18.5 Å². The van der Waals surface area contributed by atoms with Crippen LogP contribution in [0.4, 0.5) is 4.39 Å². The fraction of sp³-hybridized carbons (Fsp3) is 0.286. The molecule has 0 aliphatic rings. The van der Waals surface area contributed by atoms with Gasteiger partial charge in [0.2, 0.25) is 5.91 Å². The van der Waals surface area contributed by atoms with Crippen molar-refractivity contribution in [2.75, 3.05) is 13.2 Å². The number of hydrogen-bond donors (Lipinski definition) is 3. The van der Waals surface area contributed by atoms with Crippen LogP contribution in [0.2, 0.25) is 0 Å². The molecule has 1 aromatic carbocycles. The van der Waals surface area contributed by atoms with Crippen LogP contribution < -0.4 is 11.1 Å². The average Bonchev–Trinajstić information content (AvgIpc) is 2.41. The van der Waals surface area contributed by atoms with Crippen LogP contribution in [0.5, 0.6) is 0 Å². The highest BCUT2D eigenvalue weighted by molar-refractivity contribution is 5.94. The lowest BCUT2D eigenvalue weighted by molar-refractivity contribution is -0.118. The van der Waals surface area contributed by atoms with E-state index in [1.54, 1.807) is 0 Å². The minimum absolute atomic E-state index is 0.115. The minimum atomic E-state index is -0.629. The molecule has 0 aromatic heterocycles. The van der Waals surface area contributed by atoms with E-state index >= 15 is 0 Å². The Labute approximate surface area is 116 Å². The van der Waals surface area contributed by atoms with Gasteiger partial charge >= 0.3 is 0 Å². The molecule has 1 aromatic rings. The third-order valence-corrected chi connectivity index (χ3v) is 2.42. The van der Waals surface area contributed by atoms with Crippen molar-refractivity contribution in [3.63, 3.8) is 0 Å². The maximum atomic E-state index is 13.6. The minimum Gasteiger partial charge on any atom is -0.384 e. The smallest absolute Gasteiger partial charge is 0.251 e. The summed E-state index contributed by atoms with van der Waals surface area (Å²) in [5, 5.41) is 11.1. The largest absolute Gasteiger partial charge is 0.384 e. The van der Waals surface area contributed by atoms with Crippen molar-refractivity contribution < 1.29 is 19.1 Å². The zero-order valence-corrected chi connectivity index (χ0v) is 10.8. The lowest BCUT2D eigenvalue weighted by Crippen LogP contribution is -2.25. The van der Waals surface area contributed by atoms with Gasteiger partial charge in [-0.1, -0.05) is 11.8 Å². The molecule has 0 spiro atoms. The van der Waals surface area contributed by atoms with E-state index in [0.717, 1.165) is 6.07 Å². The van der Waals surface area contributed by atoms with Gasteiger partial charge in [0.05, 0.1) is 5.56 Å². The number of aliphatic hydroxyl groups is 1. The van der Waals surface area contributed by atoms with Gasteiger partial charge in [0.15, 0.2) is 0 Å². The van der Waals surface area contributed by atoms with Crippen LogP contribution in [0.3, 0.4) is 0 Å². The van der Waals surface area contributed by atoms with Gasteiger partial charge in [0.1, 0.15) is 12.4 Å². The van der Waals surface area contributed by atoms with Crippen LogP contribution in [0.1, 0.15) is 28.8 Å². The predicted molar refractivity (Wildman–Crippen MR) is 71.1 cm³/mol. The number of halogens is 1. The van der Waals surface area contributed by atoms with E-state index in [2.05, 4.69) is 17.2 Å². The Morgan fingerprint density at radius 1 is 1.40 bits per heavy atom.